The highest BCUT2D eigenvalue weighted by Crippen LogP contribution is 2.51. The van der Waals surface area contributed by atoms with Crippen LogP contribution in [0.3, 0.4) is 0 Å². The minimum atomic E-state index is -0.141. The van der Waals surface area contributed by atoms with Crippen molar-refractivity contribution in [1.82, 2.24) is 9.97 Å². The van der Waals surface area contributed by atoms with Gasteiger partial charge >= 0.3 is 5.69 Å². The van der Waals surface area contributed by atoms with Gasteiger partial charge in [0.2, 0.25) is 0 Å². The van der Waals surface area contributed by atoms with Crippen molar-refractivity contribution in [1.29, 1.82) is 0 Å². The molecule has 84 valence electrons. The molecule has 0 radical (unpaired) electrons. The highest BCUT2D eigenvalue weighted by atomic mass is 79.9. The average molecular weight is 281 g/mol. The van der Waals surface area contributed by atoms with Crippen molar-refractivity contribution in [3.8, 4) is 0 Å². The minimum absolute atomic E-state index is 0.141. The van der Waals surface area contributed by atoms with E-state index >= 15 is 0 Å². The van der Waals surface area contributed by atoms with Gasteiger partial charge in [-0.15, -0.1) is 0 Å². The molecule has 1 aromatic heterocycles. The molecule has 1 saturated carbocycles. The van der Waals surface area contributed by atoms with Gasteiger partial charge in [-0.1, -0.05) is 28.9 Å². The molecule has 0 aliphatic heterocycles. The average Bonchev–Trinajstić information content (AvgIpc) is 2.85. The molecule has 1 aliphatic carbocycles. The fourth-order valence-electron chi connectivity index (χ4n) is 2.23. The molecule has 3 unspecified atom stereocenters. The van der Waals surface area contributed by atoms with E-state index in [4.69, 9.17) is 0 Å². The molecule has 4 heteroatoms. The highest BCUT2D eigenvalue weighted by molar-refractivity contribution is 9.09. The number of aromatic nitrogens is 2. The van der Waals surface area contributed by atoms with E-state index in [1.54, 1.807) is 0 Å². The molecule has 2 N–H and O–H groups in total. The topological polar surface area (TPSA) is 48.6 Å². The van der Waals surface area contributed by atoms with Gasteiger partial charge in [0.25, 0.3) is 0 Å². The van der Waals surface area contributed by atoms with Crippen LogP contribution in [0.15, 0.2) is 23.0 Å². The quantitative estimate of drug-likeness (QED) is 0.817. The lowest BCUT2D eigenvalue weighted by atomic mass is 10.1. The smallest absolute Gasteiger partial charge is 0.306 e. The Labute approximate surface area is 101 Å². The number of H-pyrrole nitrogens is 2. The van der Waals surface area contributed by atoms with Gasteiger partial charge in [-0.05, 0) is 36.0 Å². The number of hydrogen-bond donors (Lipinski definition) is 2. The number of imidazole rings is 1. The predicted octanol–water partition coefficient (Wildman–Crippen LogP) is 2.95. The second-order valence-electron chi connectivity index (χ2n) is 4.66. The summed E-state index contributed by atoms with van der Waals surface area (Å²) in [5.41, 5.74) is 2.87. The van der Waals surface area contributed by atoms with Crippen LogP contribution in [-0.4, -0.2) is 9.97 Å². The number of halogens is 1. The number of fused-ring (bicyclic) bond motifs is 1. The van der Waals surface area contributed by atoms with E-state index in [0.717, 1.165) is 22.9 Å². The minimum Gasteiger partial charge on any atom is -0.306 e. The Morgan fingerprint density at radius 2 is 2.06 bits per heavy atom. The second-order valence-corrected chi connectivity index (χ2v) is 5.65. The first-order chi connectivity index (χ1) is 7.65. The van der Waals surface area contributed by atoms with E-state index in [9.17, 15) is 4.79 Å². The third-order valence-electron chi connectivity index (χ3n) is 3.41. The lowest BCUT2D eigenvalue weighted by Gasteiger charge is -2.08. The summed E-state index contributed by atoms with van der Waals surface area (Å²) in [5, 5.41) is 0. The fraction of sp³-hybridized carbons (Fsp3) is 0.417. The molecule has 0 spiro atoms. The largest absolute Gasteiger partial charge is 0.323 e. The summed E-state index contributed by atoms with van der Waals surface area (Å²) in [6.07, 6.45) is 1.29. The van der Waals surface area contributed by atoms with Crippen LogP contribution in [0.1, 0.15) is 23.7 Å². The fourth-order valence-corrected chi connectivity index (χ4v) is 3.25. The van der Waals surface area contributed by atoms with E-state index in [1.807, 2.05) is 6.07 Å². The van der Waals surface area contributed by atoms with Crippen LogP contribution in [0, 0.1) is 11.8 Å². The number of hydrogen-bond acceptors (Lipinski definition) is 1. The van der Waals surface area contributed by atoms with Crippen molar-refractivity contribution in [2.24, 2.45) is 11.8 Å². The first-order valence-corrected chi connectivity index (χ1v) is 6.43. The molecule has 1 fully saturated rings. The van der Waals surface area contributed by atoms with E-state index < -0.39 is 0 Å². The van der Waals surface area contributed by atoms with Crippen LogP contribution in [-0.2, 0) is 0 Å². The van der Waals surface area contributed by atoms with Gasteiger partial charge in [0.1, 0.15) is 0 Å². The Bertz CT molecular complexity index is 586. The van der Waals surface area contributed by atoms with Crippen molar-refractivity contribution in [3.05, 3.63) is 34.2 Å². The van der Waals surface area contributed by atoms with Crippen molar-refractivity contribution in [2.75, 3.05) is 0 Å². The van der Waals surface area contributed by atoms with Gasteiger partial charge in [0.15, 0.2) is 0 Å². The first-order valence-electron chi connectivity index (χ1n) is 5.51. The number of alkyl halides is 1. The van der Waals surface area contributed by atoms with Crippen LogP contribution in [0.5, 0.6) is 0 Å². The Balaban J connectivity index is 2.01. The number of nitrogens with one attached hydrogen (secondary N) is 2. The Morgan fingerprint density at radius 3 is 2.75 bits per heavy atom. The third kappa shape index (κ3) is 1.61. The maximum absolute atomic E-state index is 11.1. The van der Waals surface area contributed by atoms with Crippen molar-refractivity contribution < 1.29 is 0 Å². The lowest BCUT2D eigenvalue weighted by molar-refractivity contribution is 0.741. The zero-order valence-corrected chi connectivity index (χ0v) is 10.5. The Morgan fingerprint density at radius 1 is 1.38 bits per heavy atom. The lowest BCUT2D eigenvalue weighted by Crippen LogP contribution is -1.99. The molecule has 0 amide bonds. The molecular formula is C12H13BrN2O. The molecule has 1 aromatic carbocycles. The first kappa shape index (κ1) is 10.1. The van der Waals surface area contributed by atoms with Crippen molar-refractivity contribution in [3.63, 3.8) is 0 Å². The number of aromatic amines is 2. The predicted molar refractivity (Wildman–Crippen MR) is 67.9 cm³/mol. The normalized spacial score (nSPS) is 25.9. The summed E-state index contributed by atoms with van der Waals surface area (Å²) in [6, 6.07) is 6.10. The molecule has 3 nitrogen and oxygen atoms in total. The maximum Gasteiger partial charge on any atom is 0.323 e. The zero-order chi connectivity index (χ0) is 11.3. The van der Waals surface area contributed by atoms with E-state index in [1.165, 1.54) is 12.0 Å². The van der Waals surface area contributed by atoms with Crippen LogP contribution in [0.4, 0.5) is 0 Å². The van der Waals surface area contributed by atoms with E-state index in [0.29, 0.717) is 4.83 Å². The molecule has 2 aromatic rings. The Hall–Kier alpha value is -1.03. The van der Waals surface area contributed by atoms with Crippen LogP contribution < -0.4 is 5.69 Å². The van der Waals surface area contributed by atoms with Crippen molar-refractivity contribution >= 4 is 27.0 Å². The summed E-state index contributed by atoms with van der Waals surface area (Å²) in [7, 11) is 0. The van der Waals surface area contributed by atoms with Gasteiger partial charge in [-0.25, -0.2) is 4.79 Å². The summed E-state index contributed by atoms with van der Waals surface area (Å²) in [4.78, 5) is 17.1. The second kappa shape index (κ2) is 3.48. The van der Waals surface area contributed by atoms with Crippen LogP contribution in [0.25, 0.3) is 11.0 Å². The molecule has 3 atom stereocenters. The summed E-state index contributed by atoms with van der Waals surface area (Å²) < 4.78 is 0. The summed E-state index contributed by atoms with van der Waals surface area (Å²) in [6.45, 7) is 2.27. The van der Waals surface area contributed by atoms with Gasteiger partial charge < -0.3 is 9.97 Å². The molecule has 1 heterocycles. The summed E-state index contributed by atoms with van der Waals surface area (Å²) in [5.74, 6) is 1.55. The SMILES string of the molecule is CC1CC1C(Br)c1ccc2[nH]c(=O)[nH]c2c1. The van der Waals surface area contributed by atoms with Crippen LogP contribution >= 0.6 is 15.9 Å². The van der Waals surface area contributed by atoms with Gasteiger partial charge in [-0.3, -0.25) is 0 Å². The highest BCUT2D eigenvalue weighted by Gasteiger charge is 2.38. The van der Waals surface area contributed by atoms with Crippen LogP contribution in [0.2, 0.25) is 0 Å². The number of benzene rings is 1. The molecular weight excluding hydrogens is 268 g/mol. The molecule has 16 heavy (non-hydrogen) atoms. The zero-order valence-electron chi connectivity index (χ0n) is 8.96. The third-order valence-corrected chi connectivity index (χ3v) is 4.61. The van der Waals surface area contributed by atoms with Gasteiger partial charge in [0, 0.05) is 4.83 Å². The van der Waals surface area contributed by atoms with Crippen molar-refractivity contribution in [2.45, 2.75) is 18.2 Å². The van der Waals surface area contributed by atoms with E-state index in [2.05, 4.69) is 45.0 Å². The monoisotopic (exact) mass is 280 g/mol. The molecule has 0 saturated heterocycles. The molecule has 1 aliphatic rings. The van der Waals surface area contributed by atoms with E-state index in [-0.39, 0.29) is 5.69 Å². The maximum atomic E-state index is 11.1. The molecule has 0 bridgehead atoms. The number of rotatable bonds is 2. The van der Waals surface area contributed by atoms with Gasteiger partial charge in [0.05, 0.1) is 11.0 Å². The molecule has 3 rings (SSSR count). The summed E-state index contributed by atoms with van der Waals surface area (Å²) >= 11 is 3.74. The van der Waals surface area contributed by atoms with Gasteiger partial charge in [-0.2, -0.15) is 0 Å². The Kier molecular flexibility index (Phi) is 2.21. The standard InChI is InChI=1S/C12H13BrN2O/c1-6-4-8(6)11(13)7-2-3-9-10(5-7)15-12(16)14-9/h2-3,5-6,8,11H,4H2,1H3,(H2,14,15,16).